The Bertz CT molecular complexity index is 1200. The second kappa shape index (κ2) is 8.97. The van der Waals surface area contributed by atoms with Gasteiger partial charge in [-0.15, -0.1) is 23.1 Å². The number of aryl methyl sites for hydroxylation is 2. The smallest absolute Gasteiger partial charge is 0.252 e. The van der Waals surface area contributed by atoms with Gasteiger partial charge in [-0.3, -0.25) is 4.79 Å². The molecule has 0 fully saturated rings. The second-order valence-corrected chi connectivity index (χ2v) is 8.95. The number of thioether (sulfide) groups is 1. The lowest BCUT2D eigenvalue weighted by molar-refractivity contribution is 0.0951. The van der Waals surface area contributed by atoms with Gasteiger partial charge in [-0.2, -0.15) is 0 Å². The largest absolute Gasteiger partial charge is 0.352 e. The van der Waals surface area contributed by atoms with E-state index in [-0.39, 0.29) is 11.7 Å². The molecule has 0 aliphatic carbocycles. The number of benzene rings is 2. The Balaban J connectivity index is 1.39. The Morgan fingerprint density at radius 3 is 2.87 bits per heavy atom. The molecule has 4 rings (SSSR count). The maximum absolute atomic E-state index is 13.4. The summed E-state index contributed by atoms with van der Waals surface area (Å²) in [5, 5.41) is 6.07. The van der Waals surface area contributed by atoms with Crippen molar-refractivity contribution in [3.63, 3.8) is 0 Å². The van der Waals surface area contributed by atoms with E-state index in [4.69, 9.17) is 0 Å². The fourth-order valence-corrected chi connectivity index (χ4v) is 4.90. The highest BCUT2D eigenvalue weighted by atomic mass is 32.2. The number of carbonyl (C=O) groups is 1. The van der Waals surface area contributed by atoms with Crippen molar-refractivity contribution >= 4 is 40.0 Å². The number of thiazole rings is 1. The van der Waals surface area contributed by atoms with Crippen molar-refractivity contribution in [3.8, 4) is 0 Å². The Labute approximate surface area is 182 Å². The van der Waals surface area contributed by atoms with Crippen molar-refractivity contribution < 1.29 is 9.18 Å². The summed E-state index contributed by atoms with van der Waals surface area (Å²) in [6, 6.07) is 12.2. The van der Waals surface area contributed by atoms with Crippen molar-refractivity contribution in [2.75, 3.05) is 6.54 Å². The molecule has 0 saturated heterocycles. The Kier molecular flexibility index (Phi) is 6.15. The normalized spacial score (nSPS) is 11.2. The van der Waals surface area contributed by atoms with Gasteiger partial charge >= 0.3 is 0 Å². The quantitative estimate of drug-likeness (QED) is 0.422. The van der Waals surface area contributed by atoms with Crippen LogP contribution in [0.15, 0.2) is 52.7 Å². The summed E-state index contributed by atoms with van der Waals surface area (Å²) >= 11 is 3.24. The summed E-state index contributed by atoms with van der Waals surface area (Å²) < 4.78 is 15.4. The number of nitrogens with zero attached hydrogens (tertiary/aromatic N) is 3. The predicted molar refractivity (Wildman–Crippen MR) is 120 cm³/mol. The van der Waals surface area contributed by atoms with Crippen LogP contribution in [0.5, 0.6) is 0 Å². The molecule has 5 nitrogen and oxygen atoms in total. The van der Waals surface area contributed by atoms with Gasteiger partial charge in [0, 0.05) is 42.1 Å². The van der Waals surface area contributed by atoms with Crippen molar-refractivity contribution in [3.05, 3.63) is 75.8 Å². The van der Waals surface area contributed by atoms with E-state index in [0.29, 0.717) is 24.0 Å². The molecule has 4 aromatic rings. The van der Waals surface area contributed by atoms with E-state index in [0.717, 1.165) is 32.7 Å². The molecule has 30 heavy (non-hydrogen) atoms. The lowest BCUT2D eigenvalue weighted by Crippen LogP contribution is -2.26. The zero-order valence-corrected chi connectivity index (χ0v) is 18.3. The van der Waals surface area contributed by atoms with Gasteiger partial charge in [-0.25, -0.2) is 14.4 Å². The Morgan fingerprint density at radius 1 is 1.23 bits per heavy atom. The molecule has 0 saturated carbocycles. The molecule has 0 unspecified atom stereocenters. The molecule has 1 amide bonds. The van der Waals surface area contributed by atoms with E-state index in [2.05, 4.69) is 15.3 Å². The van der Waals surface area contributed by atoms with Crippen LogP contribution in [0, 0.1) is 12.7 Å². The molecule has 0 aliphatic rings. The van der Waals surface area contributed by atoms with E-state index in [9.17, 15) is 9.18 Å². The molecule has 0 aliphatic heterocycles. The SMILES string of the molecule is Cc1nc(CSc2ccccc2C(=O)NCCc2nc3cc(F)ccc3n2C)cs1. The topological polar surface area (TPSA) is 59.8 Å². The first-order valence-electron chi connectivity index (χ1n) is 9.53. The van der Waals surface area contributed by atoms with E-state index < -0.39 is 0 Å². The van der Waals surface area contributed by atoms with Crippen molar-refractivity contribution in [2.24, 2.45) is 7.05 Å². The Morgan fingerprint density at radius 2 is 2.07 bits per heavy atom. The van der Waals surface area contributed by atoms with Gasteiger partial charge in [0.25, 0.3) is 5.91 Å². The van der Waals surface area contributed by atoms with E-state index >= 15 is 0 Å². The van der Waals surface area contributed by atoms with Crippen molar-refractivity contribution in [1.82, 2.24) is 19.9 Å². The number of amides is 1. The van der Waals surface area contributed by atoms with Crippen molar-refractivity contribution in [1.29, 1.82) is 0 Å². The van der Waals surface area contributed by atoms with Crippen molar-refractivity contribution in [2.45, 2.75) is 24.0 Å². The van der Waals surface area contributed by atoms with Crippen LogP contribution in [0.25, 0.3) is 11.0 Å². The molecule has 0 spiro atoms. The first kappa shape index (κ1) is 20.6. The average Bonchev–Trinajstić information content (AvgIpc) is 3.29. The summed E-state index contributed by atoms with van der Waals surface area (Å²) in [5.41, 5.74) is 3.17. The number of aromatic nitrogens is 3. The summed E-state index contributed by atoms with van der Waals surface area (Å²) in [4.78, 5) is 22.7. The highest BCUT2D eigenvalue weighted by Gasteiger charge is 2.13. The van der Waals surface area contributed by atoms with Gasteiger partial charge in [-0.05, 0) is 31.2 Å². The van der Waals surface area contributed by atoms with E-state index in [1.54, 1.807) is 29.2 Å². The maximum atomic E-state index is 13.4. The van der Waals surface area contributed by atoms with Crippen LogP contribution in [0.2, 0.25) is 0 Å². The number of hydrogen-bond acceptors (Lipinski definition) is 5. The highest BCUT2D eigenvalue weighted by molar-refractivity contribution is 7.98. The standard InChI is InChI=1S/C22H21FN4OS2/c1-14-25-16(12-29-14)13-30-20-6-4-3-5-17(20)22(28)24-10-9-21-26-18-11-15(23)7-8-19(18)27(21)2/h3-8,11-12H,9-10,13H2,1-2H3,(H,24,28). The van der Waals surface area contributed by atoms with Crippen LogP contribution < -0.4 is 5.32 Å². The molecular formula is C22H21FN4OS2. The number of rotatable bonds is 7. The molecule has 0 radical (unpaired) electrons. The zero-order chi connectivity index (χ0) is 21.1. The predicted octanol–water partition coefficient (Wildman–Crippen LogP) is 4.74. The third kappa shape index (κ3) is 4.55. The fraction of sp³-hybridized carbons (Fsp3) is 0.227. The molecule has 2 heterocycles. The summed E-state index contributed by atoms with van der Waals surface area (Å²) in [7, 11) is 1.90. The van der Waals surface area contributed by atoms with Crippen LogP contribution in [0.4, 0.5) is 4.39 Å². The van der Waals surface area contributed by atoms with Crippen LogP contribution in [0.1, 0.15) is 26.9 Å². The van der Waals surface area contributed by atoms with Crippen LogP contribution >= 0.6 is 23.1 Å². The van der Waals surface area contributed by atoms with Crippen LogP contribution in [-0.2, 0) is 19.2 Å². The maximum Gasteiger partial charge on any atom is 0.252 e. The van der Waals surface area contributed by atoms with Gasteiger partial charge in [0.2, 0.25) is 0 Å². The third-order valence-electron chi connectivity index (χ3n) is 4.74. The van der Waals surface area contributed by atoms with Gasteiger partial charge in [0.1, 0.15) is 11.6 Å². The molecule has 154 valence electrons. The van der Waals surface area contributed by atoms with Crippen LogP contribution in [0.3, 0.4) is 0 Å². The molecular weight excluding hydrogens is 419 g/mol. The average molecular weight is 441 g/mol. The minimum absolute atomic E-state index is 0.114. The number of nitrogens with one attached hydrogen (secondary N) is 1. The number of carbonyl (C=O) groups excluding carboxylic acids is 1. The highest BCUT2D eigenvalue weighted by Crippen LogP contribution is 2.27. The molecule has 8 heteroatoms. The third-order valence-corrected chi connectivity index (χ3v) is 6.67. The molecule has 2 aromatic heterocycles. The first-order valence-corrected chi connectivity index (χ1v) is 11.4. The van der Waals surface area contributed by atoms with Crippen LogP contribution in [-0.4, -0.2) is 27.0 Å². The summed E-state index contributed by atoms with van der Waals surface area (Å²) in [6.07, 6.45) is 0.561. The number of halogens is 1. The van der Waals surface area contributed by atoms with E-state index in [1.165, 1.54) is 12.1 Å². The molecule has 1 N–H and O–H groups in total. The van der Waals surface area contributed by atoms with Gasteiger partial charge in [0.15, 0.2) is 0 Å². The number of hydrogen-bond donors (Lipinski definition) is 1. The second-order valence-electron chi connectivity index (χ2n) is 6.87. The fourth-order valence-electron chi connectivity index (χ4n) is 3.24. The summed E-state index contributed by atoms with van der Waals surface area (Å²) in [6.45, 7) is 2.43. The Hall–Kier alpha value is -2.71. The molecule has 2 aromatic carbocycles. The minimum Gasteiger partial charge on any atom is -0.352 e. The zero-order valence-electron chi connectivity index (χ0n) is 16.7. The van der Waals surface area contributed by atoms with E-state index in [1.807, 2.05) is 48.2 Å². The number of imidazole rings is 1. The lowest BCUT2D eigenvalue weighted by Gasteiger charge is -2.09. The number of fused-ring (bicyclic) bond motifs is 1. The molecule has 0 bridgehead atoms. The van der Waals surface area contributed by atoms with Gasteiger partial charge < -0.3 is 9.88 Å². The van der Waals surface area contributed by atoms with Gasteiger partial charge in [-0.1, -0.05) is 12.1 Å². The molecule has 0 atom stereocenters. The minimum atomic E-state index is -0.303. The van der Waals surface area contributed by atoms with Gasteiger partial charge in [0.05, 0.1) is 27.3 Å². The monoisotopic (exact) mass is 440 g/mol. The lowest BCUT2D eigenvalue weighted by atomic mass is 10.2. The first-order chi connectivity index (χ1) is 14.5. The summed E-state index contributed by atoms with van der Waals surface area (Å²) in [5.74, 6) is 1.11.